The summed E-state index contributed by atoms with van der Waals surface area (Å²) in [7, 11) is 0. The Labute approximate surface area is 205 Å². The van der Waals surface area contributed by atoms with Crippen molar-refractivity contribution in [3.8, 4) is 5.75 Å². The highest BCUT2D eigenvalue weighted by molar-refractivity contribution is 7.80. The maximum Gasteiger partial charge on any atom is 0.232 e. The van der Waals surface area contributed by atoms with E-state index >= 15 is 0 Å². The number of fused-ring (bicyclic) bond motifs is 5. The van der Waals surface area contributed by atoms with Gasteiger partial charge in [-0.05, 0) is 139 Å². The third kappa shape index (κ3) is 4.42. The topological polar surface area (TPSA) is 52.6 Å². The van der Waals surface area contributed by atoms with Crippen LogP contribution >= 0.6 is 12.2 Å². The first-order chi connectivity index (χ1) is 15.2. The van der Waals surface area contributed by atoms with Gasteiger partial charge in [0.05, 0.1) is 0 Å². The number of carbonyl (C=O) groups excluding carboxylic acids is 1. The summed E-state index contributed by atoms with van der Waals surface area (Å²) in [6, 6.07) is 5.96. The summed E-state index contributed by atoms with van der Waals surface area (Å²) >= 11 is 5.79. The molecule has 0 unspecified atom stereocenters. The van der Waals surface area contributed by atoms with E-state index in [1.807, 2.05) is 17.0 Å². The highest BCUT2D eigenvalue weighted by atomic mass is 32.1. The third-order valence-electron chi connectivity index (χ3n) is 8.58. The fourth-order valence-electron chi connectivity index (χ4n) is 7.24. The van der Waals surface area contributed by atoms with E-state index in [9.17, 15) is 9.90 Å². The van der Waals surface area contributed by atoms with Crippen LogP contribution in [0.25, 0.3) is 0 Å². The number of aromatic hydroxyl groups is 1. The lowest BCUT2D eigenvalue weighted by Crippen LogP contribution is -2.59. The lowest BCUT2D eigenvalue weighted by Gasteiger charge is -2.51. The molecule has 1 amide bonds. The lowest BCUT2D eigenvalue weighted by molar-refractivity contribution is -0.140. The SMILES string of the molecule is CC(C)(C)NC(=S)N(C(=O)[C@H]1CC[C@H]2[C@@H]3CCc4cc(O)ccc4[C@H]3CC[C@]12C)C(C)(C)C. The molecular weight excluding hydrogens is 428 g/mol. The van der Waals surface area contributed by atoms with Gasteiger partial charge in [-0.3, -0.25) is 9.69 Å². The van der Waals surface area contributed by atoms with E-state index in [0.717, 1.165) is 38.5 Å². The molecule has 1 aromatic carbocycles. The number of nitrogens with one attached hydrogen (secondary N) is 1. The Balaban J connectivity index is 1.60. The van der Waals surface area contributed by atoms with Crippen molar-refractivity contribution >= 4 is 23.2 Å². The van der Waals surface area contributed by atoms with Gasteiger partial charge in [-0.25, -0.2) is 0 Å². The largest absolute Gasteiger partial charge is 0.508 e. The number of rotatable bonds is 1. The quantitative estimate of drug-likeness (QED) is 0.482. The first-order valence-electron chi connectivity index (χ1n) is 12.7. The van der Waals surface area contributed by atoms with Crippen molar-refractivity contribution in [2.24, 2.45) is 23.2 Å². The molecule has 2 fully saturated rings. The molecule has 0 spiro atoms. The average Bonchev–Trinajstić information content (AvgIpc) is 3.02. The van der Waals surface area contributed by atoms with Crippen molar-refractivity contribution < 1.29 is 9.90 Å². The van der Waals surface area contributed by atoms with Crippen molar-refractivity contribution in [3.63, 3.8) is 0 Å². The molecule has 2 N–H and O–H groups in total. The van der Waals surface area contributed by atoms with Crippen LogP contribution in [0.4, 0.5) is 0 Å². The number of phenolic OH excluding ortho intramolecular Hbond substituents is 1. The number of benzene rings is 1. The van der Waals surface area contributed by atoms with Gasteiger partial charge in [0.15, 0.2) is 5.11 Å². The van der Waals surface area contributed by atoms with E-state index in [-0.39, 0.29) is 28.3 Å². The number of amides is 1. The maximum absolute atomic E-state index is 14.1. The van der Waals surface area contributed by atoms with Gasteiger partial charge in [0.1, 0.15) is 5.75 Å². The van der Waals surface area contributed by atoms with Gasteiger partial charge in [0, 0.05) is 17.0 Å². The van der Waals surface area contributed by atoms with Crippen LogP contribution in [-0.2, 0) is 11.2 Å². The number of hydrogen-bond donors (Lipinski definition) is 2. The Bertz CT molecular complexity index is 944. The molecule has 4 rings (SSSR count). The Morgan fingerprint density at radius 2 is 1.82 bits per heavy atom. The summed E-state index contributed by atoms with van der Waals surface area (Å²) < 4.78 is 0. The summed E-state index contributed by atoms with van der Waals surface area (Å²) in [6.45, 7) is 14.9. The molecule has 0 radical (unpaired) electrons. The van der Waals surface area contributed by atoms with Crippen LogP contribution in [0.1, 0.15) is 97.6 Å². The third-order valence-corrected chi connectivity index (χ3v) is 8.87. The van der Waals surface area contributed by atoms with Crippen LogP contribution in [-0.4, -0.2) is 32.1 Å². The van der Waals surface area contributed by atoms with Gasteiger partial charge in [-0.1, -0.05) is 13.0 Å². The van der Waals surface area contributed by atoms with Gasteiger partial charge in [0.2, 0.25) is 5.91 Å². The summed E-state index contributed by atoms with van der Waals surface area (Å²) in [5.41, 5.74) is 2.22. The molecule has 0 heterocycles. The predicted molar refractivity (Wildman–Crippen MR) is 138 cm³/mol. The van der Waals surface area contributed by atoms with Crippen LogP contribution < -0.4 is 5.32 Å². The van der Waals surface area contributed by atoms with Gasteiger partial charge in [-0.15, -0.1) is 0 Å². The molecule has 1 aromatic rings. The van der Waals surface area contributed by atoms with Crippen molar-refractivity contribution in [2.75, 3.05) is 0 Å². The summed E-state index contributed by atoms with van der Waals surface area (Å²) in [6.07, 6.45) is 6.47. The van der Waals surface area contributed by atoms with Crippen molar-refractivity contribution in [2.45, 2.75) is 104 Å². The van der Waals surface area contributed by atoms with E-state index in [0.29, 0.717) is 28.6 Å². The minimum atomic E-state index is -0.371. The van der Waals surface area contributed by atoms with E-state index in [1.54, 1.807) is 0 Å². The van der Waals surface area contributed by atoms with E-state index in [4.69, 9.17) is 12.2 Å². The molecule has 33 heavy (non-hydrogen) atoms. The fourth-order valence-corrected chi connectivity index (χ4v) is 7.91. The number of carbonyl (C=O) groups is 1. The number of nitrogens with zero attached hydrogens (tertiary/aromatic N) is 1. The molecule has 5 atom stereocenters. The van der Waals surface area contributed by atoms with Crippen LogP contribution in [0.5, 0.6) is 5.75 Å². The lowest BCUT2D eigenvalue weighted by atomic mass is 9.54. The smallest absolute Gasteiger partial charge is 0.232 e. The minimum Gasteiger partial charge on any atom is -0.508 e. The monoisotopic (exact) mass is 470 g/mol. The molecule has 4 nitrogen and oxygen atoms in total. The Morgan fingerprint density at radius 3 is 2.45 bits per heavy atom. The van der Waals surface area contributed by atoms with Gasteiger partial charge in [-0.2, -0.15) is 0 Å². The minimum absolute atomic E-state index is 0.0172. The Hall–Kier alpha value is -1.62. The van der Waals surface area contributed by atoms with Crippen molar-refractivity contribution in [1.82, 2.24) is 10.2 Å². The van der Waals surface area contributed by atoms with Crippen LogP contribution in [0, 0.1) is 23.2 Å². The molecule has 3 aliphatic carbocycles. The molecule has 5 heteroatoms. The molecule has 0 saturated heterocycles. The Kier molecular flexibility index (Phi) is 6.13. The molecule has 3 aliphatic rings. The predicted octanol–water partition coefficient (Wildman–Crippen LogP) is 6.16. The van der Waals surface area contributed by atoms with Crippen LogP contribution in [0.2, 0.25) is 0 Å². The number of phenols is 1. The first kappa shape index (κ1) is 24.5. The summed E-state index contributed by atoms with van der Waals surface area (Å²) in [4.78, 5) is 16.0. The normalized spacial score (nSPS) is 31.2. The second kappa shape index (κ2) is 8.25. The average molecular weight is 471 g/mol. The van der Waals surface area contributed by atoms with Crippen LogP contribution in [0.15, 0.2) is 18.2 Å². The highest BCUT2D eigenvalue weighted by Crippen LogP contribution is 2.63. The first-order valence-corrected chi connectivity index (χ1v) is 13.1. The zero-order valence-electron chi connectivity index (χ0n) is 21.5. The Morgan fingerprint density at radius 1 is 1.12 bits per heavy atom. The second-order valence-electron chi connectivity index (χ2n) is 13.0. The van der Waals surface area contributed by atoms with E-state index in [1.165, 1.54) is 11.1 Å². The van der Waals surface area contributed by atoms with E-state index < -0.39 is 0 Å². The molecule has 0 bridgehead atoms. The van der Waals surface area contributed by atoms with Gasteiger partial charge < -0.3 is 10.4 Å². The zero-order chi connectivity index (χ0) is 24.3. The number of aryl methyl sites for hydroxylation is 1. The molecule has 182 valence electrons. The van der Waals surface area contributed by atoms with Gasteiger partial charge in [0.25, 0.3) is 0 Å². The highest BCUT2D eigenvalue weighted by Gasteiger charge is 2.58. The van der Waals surface area contributed by atoms with Crippen molar-refractivity contribution in [3.05, 3.63) is 29.3 Å². The second-order valence-corrected chi connectivity index (χ2v) is 13.4. The molecule has 0 aromatic heterocycles. The summed E-state index contributed by atoms with van der Waals surface area (Å²) in [5, 5.41) is 13.9. The standard InChI is InChI=1S/C28H42N2O2S/c1-26(2,3)29-25(33)30(27(4,5)6)24(32)23-13-12-22-21-10-8-17-16-18(31)9-11-19(17)20(21)14-15-28(22,23)7/h9,11,16,20-23,31H,8,10,12-15H2,1-7H3,(H,29,33)/t20-,21-,22+,23-,28+/m1/s1. The fraction of sp³-hybridized carbons (Fsp3) is 0.714. The molecule has 2 saturated carbocycles. The number of thiocarbonyl (C=S) groups is 1. The molecule has 0 aliphatic heterocycles. The maximum atomic E-state index is 14.1. The number of hydrogen-bond acceptors (Lipinski definition) is 3. The van der Waals surface area contributed by atoms with E-state index in [2.05, 4.69) is 59.8 Å². The van der Waals surface area contributed by atoms with Crippen molar-refractivity contribution in [1.29, 1.82) is 0 Å². The molecular formula is C28H42N2O2S. The summed E-state index contributed by atoms with van der Waals surface area (Å²) in [5.74, 6) is 2.35. The van der Waals surface area contributed by atoms with Crippen LogP contribution in [0.3, 0.4) is 0 Å². The zero-order valence-corrected chi connectivity index (χ0v) is 22.3. The van der Waals surface area contributed by atoms with Gasteiger partial charge >= 0.3 is 0 Å².